The SMILES string of the molecule is Fc1cccc(CNCCCCC(F)(F)F)c1Br. The molecule has 102 valence electrons. The molecule has 0 unspecified atom stereocenters. The summed E-state index contributed by atoms with van der Waals surface area (Å²) in [6.07, 6.45) is -4.27. The van der Waals surface area contributed by atoms with Gasteiger partial charge in [0.05, 0.1) is 4.47 Å². The van der Waals surface area contributed by atoms with Crippen molar-refractivity contribution >= 4 is 15.9 Å². The second kappa shape index (κ2) is 7.09. The number of rotatable bonds is 6. The lowest BCUT2D eigenvalue weighted by atomic mass is 10.2. The van der Waals surface area contributed by atoms with E-state index in [4.69, 9.17) is 0 Å². The van der Waals surface area contributed by atoms with Crippen molar-refractivity contribution in [2.45, 2.75) is 32.0 Å². The highest BCUT2D eigenvalue weighted by Gasteiger charge is 2.25. The van der Waals surface area contributed by atoms with Gasteiger partial charge < -0.3 is 5.32 Å². The van der Waals surface area contributed by atoms with Gasteiger partial charge in [-0.3, -0.25) is 0 Å². The van der Waals surface area contributed by atoms with Crippen LogP contribution in [0.15, 0.2) is 22.7 Å². The molecule has 1 aromatic carbocycles. The molecule has 6 heteroatoms. The third-order valence-electron chi connectivity index (χ3n) is 2.41. The molecule has 0 fully saturated rings. The van der Waals surface area contributed by atoms with Crippen LogP contribution >= 0.6 is 15.9 Å². The zero-order valence-corrected chi connectivity index (χ0v) is 11.2. The fourth-order valence-electron chi connectivity index (χ4n) is 1.48. The van der Waals surface area contributed by atoms with Crippen molar-refractivity contribution in [3.63, 3.8) is 0 Å². The number of alkyl halides is 3. The first-order valence-corrected chi connectivity index (χ1v) is 6.40. The van der Waals surface area contributed by atoms with E-state index < -0.39 is 12.6 Å². The standard InChI is InChI=1S/C12H14BrF4N/c13-11-9(4-3-5-10(11)14)8-18-7-2-1-6-12(15,16)17/h3-5,18H,1-2,6-8H2. The largest absolute Gasteiger partial charge is 0.389 e. The molecule has 0 amide bonds. The van der Waals surface area contributed by atoms with Crippen LogP contribution in [0.25, 0.3) is 0 Å². The van der Waals surface area contributed by atoms with Gasteiger partial charge in [-0.05, 0) is 46.9 Å². The average molecular weight is 328 g/mol. The number of halogens is 5. The first-order valence-electron chi connectivity index (χ1n) is 5.60. The van der Waals surface area contributed by atoms with Gasteiger partial charge >= 0.3 is 6.18 Å². The summed E-state index contributed by atoms with van der Waals surface area (Å²) in [6.45, 7) is 0.920. The lowest BCUT2D eigenvalue weighted by Gasteiger charge is -2.08. The maximum absolute atomic E-state index is 13.1. The lowest BCUT2D eigenvalue weighted by Crippen LogP contribution is -2.16. The highest BCUT2D eigenvalue weighted by Crippen LogP contribution is 2.22. The van der Waals surface area contributed by atoms with Gasteiger partial charge in [0.15, 0.2) is 0 Å². The maximum atomic E-state index is 13.1. The Hall–Kier alpha value is -0.620. The Labute approximate surface area is 112 Å². The first-order chi connectivity index (χ1) is 8.40. The number of hydrogen-bond acceptors (Lipinski definition) is 1. The van der Waals surface area contributed by atoms with E-state index in [2.05, 4.69) is 21.2 Å². The normalized spacial score (nSPS) is 11.8. The molecule has 0 spiro atoms. The third-order valence-corrected chi connectivity index (χ3v) is 3.30. The van der Waals surface area contributed by atoms with Crippen LogP contribution in [0.3, 0.4) is 0 Å². The molecule has 1 aromatic rings. The summed E-state index contributed by atoms with van der Waals surface area (Å²) in [4.78, 5) is 0. The second-order valence-electron chi connectivity index (χ2n) is 3.96. The van der Waals surface area contributed by atoms with Gasteiger partial charge in [0.25, 0.3) is 0 Å². The fourth-order valence-corrected chi connectivity index (χ4v) is 1.89. The Morgan fingerprint density at radius 2 is 1.89 bits per heavy atom. The third kappa shape index (κ3) is 5.82. The minimum absolute atomic E-state index is 0.112. The highest BCUT2D eigenvalue weighted by atomic mass is 79.9. The quantitative estimate of drug-likeness (QED) is 0.602. The molecule has 0 heterocycles. The van der Waals surface area contributed by atoms with Crippen LogP contribution in [0.2, 0.25) is 0 Å². The van der Waals surface area contributed by atoms with Crippen molar-refractivity contribution in [2.24, 2.45) is 0 Å². The van der Waals surface area contributed by atoms with Crippen molar-refractivity contribution in [3.8, 4) is 0 Å². The van der Waals surface area contributed by atoms with E-state index in [1.807, 2.05) is 0 Å². The lowest BCUT2D eigenvalue weighted by molar-refractivity contribution is -0.135. The van der Waals surface area contributed by atoms with Gasteiger partial charge in [-0.25, -0.2) is 4.39 Å². The predicted octanol–water partition coefficient (Wildman–Crippen LogP) is 4.41. The van der Waals surface area contributed by atoms with E-state index in [0.29, 0.717) is 24.0 Å². The van der Waals surface area contributed by atoms with Crippen LogP contribution in [0, 0.1) is 5.82 Å². The zero-order chi connectivity index (χ0) is 13.6. The number of benzene rings is 1. The monoisotopic (exact) mass is 327 g/mol. The van der Waals surface area contributed by atoms with Crippen molar-refractivity contribution in [3.05, 3.63) is 34.1 Å². The molecule has 0 saturated heterocycles. The van der Waals surface area contributed by atoms with E-state index >= 15 is 0 Å². The average Bonchev–Trinajstić information content (AvgIpc) is 2.27. The van der Waals surface area contributed by atoms with E-state index in [1.165, 1.54) is 6.07 Å². The minimum Gasteiger partial charge on any atom is -0.313 e. The molecule has 0 aliphatic rings. The first kappa shape index (κ1) is 15.4. The van der Waals surface area contributed by atoms with Crippen molar-refractivity contribution in [1.29, 1.82) is 0 Å². The van der Waals surface area contributed by atoms with Crippen LogP contribution in [0.5, 0.6) is 0 Å². The number of nitrogens with one attached hydrogen (secondary N) is 1. The summed E-state index contributed by atoms with van der Waals surface area (Å²) in [5.74, 6) is -0.341. The molecule has 0 bridgehead atoms. The van der Waals surface area contributed by atoms with Crippen molar-refractivity contribution < 1.29 is 17.6 Å². The van der Waals surface area contributed by atoms with Gasteiger partial charge in [-0.15, -0.1) is 0 Å². The molecular formula is C12H14BrF4N. The van der Waals surface area contributed by atoms with Gasteiger partial charge in [-0.1, -0.05) is 12.1 Å². The summed E-state index contributed by atoms with van der Waals surface area (Å²) in [5, 5.41) is 2.99. The minimum atomic E-state index is -4.08. The van der Waals surface area contributed by atoms with Crippen LogP contribution in [-0.2, 0) is 6.54 Å². The number of hydrogen-bond donors (Lipinski definition) is 1. The van der Waals surface area contributed by atoms with Crippen LogP contribution in [0.4, 0.5) is 17.6 Å². The van der Waals surface area contributed by atoms with Crippen LogP contribution < -0.4 is 5.32 Å². The molecule has 1 nitrogen and oxygen atoms in total. The molecule has 0 atom stereocenters. The van der Waals surface area contributed by atoms with Crippen molar-refractivity contribution in [2.75, 3.05) is 6.54 Å². The number of unbranched alkanes of at least 4 members (excludes halogenated alkanes) is 1. The Kier molecular flexibility index (Phi) is 6.08. The van der Waals surface area contributed by atoms with E-state index in [1.54, 1.807) is 12.1 Å². The smallest absolute Gasteiger partial charge is 0.313 e. The predicted molar refractivity (Wildman–Crippen MR) is 65.7 cm³/mol. The molecule has 1 N–H and O–H groups in total. The zero-order valence-electron chi connectivity index (χ0n) is 9.66. The van der Waals surface area contributed by atoms with Crippen LogP contribution in [-0.4, -0.2) is 12.7 Å². The Bertz CT molecular complexity index is 379. The molecule has 0 aromatic heterocycles. The van der Waals surface area contributed by atoms with E-state index in [-0.39, 0.29) is 12.2 Å². The van der Waals surface area contributed by atoms with Gasteiger partial charge in [0.1, 0.15) is 5.82 Å². The van der Waals surface area contributed by atoms with Crippen molar-refractivity contribution in [1.82, 2.24) is 5.32 Å². The fraction of sp³-hybridized carbons (Fsp3) is 0.500. The Morgan fingerprint density at radius 1 is 1.17 bits per heavy atom. The summed E-state index contributed by atoms with van der Waals surface area (Å²) in [5.41, 5.74) is 0.755. The highest BCUT2D eigenvalue weighted by molar-refractivity contribution is 9.10. The Balaban J connectivity index is 2.20. The molecule has 0 saturated carbocycles. The van der Waals surface area contributed by atoms with Gasteiger partial charge in [0.2, 0.25) is 0 Å². The second-order valence-corrected chi connectivity index (χ2v) is 4.76. The molecule has 1 rings (SSSR count). The summed E-state index contributed by atoms with van der Waals surface area (Å²) < 4.78 is 49.1. The molecule has 0 aliphatic carbocycles. The molecule has 18 heavy (non-hydrogen) atoms. The molecule has 0 aliphatic heterocycles. The molecular weight excluding hydrogens is 314 g/mol. The van der Waals surface area contributed by atoms with Crippen LogP contribution in [0.1, 0.15) is 24.8 Å². The van der Waals surface area contributed by atoms with Gasteiger partial charge in [-0.2, -0.15) is 13.2 Å². The maximum Gasteiger partial charge on any atom is 0.389 e. The van der Waals surface area contributed by atoms with E-state index in [9.17, 15) is 17.6 Å². The topological polar surface area (TPSA) is 12.0 Å². The molecule has 0 radical (unpaired) electrons. The summed E-state index contributed by atoms with van der Waals surface area (Å²) in [6, 6.07) is 4.70. The Morgan fingerprint density at radius 3 is 2.56 bits per heavy atom. The van der Waals surface area contributed by atoms with E-state index in [0.717, 1.165) is 5.56 Å². The summed E-state index contributed by atoms with van der Waals surface area (Å²) in [7, 11) is 0. The van der Waals surface area contributed by atoms with Gasteiger partial charge in [0, 0.05) is 13.0 Å². The summed E-state index contributed by atoms with van der Waals surface area (Å²) >= 11 is 3.13.